The number of hydrogen-bond acceptors (Lipinski definition) is 4. The van der Waals surface area contributed by atoms with Gasteiger partial charge in [0.1, 0.15) is 18.0 Å². The highest BCUT2D eigenvalue weighted by atomic mass is 32.2. The summed E-state index contributed by atoms with van der Waals surface area (Å²) >= 11 is 0. The number of sulfonamides is 1. The molecule has 0 fully saturated rings. The van der Waals surface area contributed by atoms with E-state index in [0.717, 1.165) is 59.9 Å². The molecule has 7 heteroatoms. The van der Waals surface area contributed by atoms with Gasteiger partial charge in [0.15, 0.2) is 5.71 Å². The van der Waals surface area contributed by atoms with Crippen molar-refractivity contribution in [2.75, 3.05) is 31.1 Å². The predicted molar refractivity (Wildman–Crippen MR) is 142 cm³/mol. The normalized spacial score (nSPS) is 15.7. The van der Waals surface area contributed by atoms with E-state index in [2.05, 4.69) is 90.5 Å². The first-order valence-corrected chi connectivity index (χ1v) is 13.6. The van der Waals surface area contributed by atoms with Crippen molar-refractivity contribution in [2.24, 2.45) is 0 Å². The van der Waals surface area contributed by atoms with E-state index < -0.39 is 15.9 Å². The molecule has 0 aromatic heterocycles. The highest BCUT2D eigenvalue weighted by molar-refractivity contribution is 7.90. The third-order valence-electron chi connectivity index (χ3n) is 6.60. The first kappa shape index (κ1) is 24.7. The minimum Gasteiger partial charge on any atom is -0.372 e. The van der Waals surface area contributed by atoms with Crippen LogP contribution in [0.2, 0.25) is 0 Å². The highest BCUT2D eigenvalue weighted by Crippen LogP contribution is 2.34. The SMILES string of the molecule is CCN(CC)c1ccc(C(=C2C=CC(=[N+](CC)CC)C=C2)c2ccc3c(c2)S(=O)(=O)NC3=O)cc1. The molecule has 4 rings (SSSR count). The van der Waals surface area contributed by atoms with E-state index in [0.29, 0.717) is 0 Å². The van der Waals surface area contributed by atoms with E-state index in [1.807, 2.05) is 6.07 Å². The summed E-state index contributed by atoms with van der Waals surface area (Å²) in [5, 5.41) is 0. The lowest BCUT2D eigenvalue weighted by Gasteiger charge is -2.22. The van der Waals surface area contributed by atoms with E-state index in [-0.39, 0.29) is 10.5 Å². The standard InChI is InChI=1S/C28H31N3O3S/c1-5-30(6-2)23-14-9-20(10-15-23)27(21-11-16-24(17-12-21)31(7-3)8-4)22-13-18-25-26(19-22)35(33,34)29-28(25)32/h9-19H,5-8H2,1-4H3/p+1. The largest absolute Gasteiger partial charge is 0.372 e. The van der Waals surface area contributed by atoms with Crippen LogP contribution in [0.4, 0.5) is 5.69 Å². The van der Waals surface area contributed by atoms with Gasteiger partial charge in [-0.25, -0.2) is 17.7 Å². The molecule has 0 unspecified atom stereocenters. The molecule has 0 saturated carbocycles. The molecule has 1 aliphatic carbocycles. The molecule has 1 heterocycles. The number of carbonyl (C=O) groups is 1. The number of fused-ring (bicyclic) bond motifs is 1. The molecule has 35 heavy (non-hydrogen) atoms. The summed E-state index contributed by atoms with van der Waals surface area (Å²) < 4.78 is 29.4. The Bertz CT molecular complexity index is 1350. The predicted octanol–water partition coefficient (Wildman–Crippen LogP) is 4.39. The molecule has 1 N–H and O–H groups in total. The van der Waals surface area contributed by atoms with Crippen LogP contribution in [0.15, 0.2) is 77.2 Å². The van der Waals surface area contributed by atoms with Crippen molar-refractivity contribution >= 4 is 32.9 Å². The average Bonchev–Trinajstić information content (AvgIpc) is 3.10. The summed E-state index contributed by atoms with van der Waals surface area (Å²) in [5.41, 5.74) is 6.08. The van der Waals surface area contributed by atoms with Gasteiger partial charge in [0.2, 0.25) is 0 Å². The van der Waals surface area contributed by atoms with Gasteiger partial charge in [-0.05, 0) is 86.4 Å². The lowest BCUT2D eigenvalue weighted by molar-refractivity contribution is -0.519. The molecule has 0 radical (unpaired) electrons. The zero-order valence-electron chi connectivity index (χ0n) is 20.7. The van der Waals surface area contributed by atoms with E-state index in [4.69, 9.17) is 0 Å². The molecule has 0 bridgehead atoms. The number of allylic oxidation sites excluding steroid dienone is 5. The second kappa shape index (κ2) is 10.0. The maximum absolute atomic E-state index is 12.5. The van der Waals surface area contributed by atoms with Crippen molar-refractivity contribution in [1.29, 1.82) is 0 Å². The summed E-state index contributed by atoms with van der Waals surface area (Å²) in [5.74, 6) is -0.583. The fourth-order valence-electron chi connectivity index (χ4n) is 4.68. The van der Waals surface area contributed by atoms with Crippen molar-refractivity contribution in [2.45, 2.75) is 32.6 Å². The molecule has 1 amide bonds. The van der Waals surface area contributed by atoms with Crippen molar-refractivity contribution in [3.63, 3.8) is 0 Å². The van der Waals surface area contributed by atoms with Crippen LogP contribution in [0, 0.1) is 0 Å². The van der Waals surface area contributed by atoms with Crippen LogP contribution in [0.25, 0.3) is 5.57 Å². The Kier molecular flexibility index (Phi) is 7.08. The van der Waals surface area contributed by atoms with Gasteiger partial charge >= 0.3 is 0 Å². The number of nitrogens with one attached hydrogen (secondary N) is 1. The highest BCUT2D eigenvalue weighted by Gasteiger charge is 2.33. The van der Waals surface area contributed by atoms with E-state index in [1.54, 1.807) is 12.1 Å². The summed E-state index contributed by atoms with van der Waals surface area (Å²) in [6.07, 6.45) is 8.35. The Morgan fingerprint density at radius 2 is 1.46 bits per heavy atom. The zero-order chi connectivity index (χ0) is 25.2. The number of nitrogens with zero attached hydrogens (tertiary/aromatic N) is 2. The monoisotopic (exact) mass is 490 g/mol. The Labute approximate surface area is 208 Å². The lowest BCUT2D eigenvalue weighted by Crippen LogP contribution is -2.21. The van der Waals surface area contributed by atoms with Crippen molar-refractivity contribution in [1.82, 2.24) is 4.72 Å². The van der Waals surface area contributed by atoms with Crippen molar-refractivity contribution < 1.29 is 17.8 Å². The van der Waals surface area contributed by atoms with Gasteiger partial charge in [-0.3, -0.25) is 4.79 Å². The maximum atomic E-state index is 12.5. The summed E-state index contributed by atoms with van der Waals surface area (Å²) in [7, 11) is -3.85. The second-order valence-corrected chi connectivity index (χ2v) is 10.1. The molecule has 2 aromatic carbocycles. The van der Waals surface area contributed by atoms with Crippen molar-refractivity contribution in [3.8, 4) is 0 Å². The minimum absolute atomic E-state index is 0.0250. The summed E-state index contributed by atoms with van der Waals surface area (Å²) in [4.78, 5) is 14.4. The molecule has 6 nitrogen and oxygen atoms in total. The molecule has 2 aliphatic rings. The number of benzene rings is 2. The third-order valence-corrected chi connectivity index (χ3v) is 7.97. The molecule has 1 aliphatic heterocycles. The Morgan fingerprint density at radius 1 is 0.857 bits per heavy atom. The fourth-order valence-corrected chi connectivity index (χ4v) is 5.87. The average molecular weight is 491 g/mol. The van der Waals surface area contributed by atoms with E-state index in [1.165, 1.54) is 0 Å². The van der Waals surface area contributed by atoms with Gasteiger partial charge < -0.3 is 4.90 Å². The smallest absolute Gasteiger partial charge is 0.266 e. The molecule has 0 atom stereocenters. The lowest BCUT2D eigenvalue weighted by atomic mass is 9.90. The molecule has 0 spiro atoms. The summed E-state index contributed by atoms with van der Waals surface area (Å²) in [6.45, 7) is 12.2. The summed E-state index contributed by atoms with van der Waals surface area (Å²) in [6, 6.07) is 13.4. The zero-order valence-corrected chi connectivity index (χ0v) is 21.5. The molecule has 2 aromatic rings. The number of rotatable bonds is 7. The topological polar surface area (TPSA) is 69.5 Å². The number of hydrogen-bond donors (Lipinski definition) is 1. The number of anilines is 1. The van der Waals surface area contributed by atoms with Crippen LogP contribution in [-0.4, -0.2) is 50.8 Å². The first-order valence-electron chi connectivity index (χ1n) is 12.1. The third kappa shape index (κ3) is 4.73. The Hall–Kier alpha value is -3.45. The Morgan fingerprint density at radius 3 is 2.03 bits per heavy atom. The molecular weight excluding hydrogens is 458 g/mol. The van der Waals surface area contributed by atoms with Gasteiger partial charge in [-0.2, -0.15) is 0 Å². The van der Waals surface area contributed by atoms with Crippen LogP contribution in [-0.2, 0) is 10.0 Å². The van der Waals surface area contributed by atoms with Gasteiger partial charge in [0.25, 0.3) is 15.9 Å². The minimum atomic E-state index is -3.85. The van der Waals surface area contributed by atoms with Crippen molar-refractivity contribution in [3.05, 3.63) is 89.0 Å². The van der Waals surface area contributed by atoms with Crippen LogP contribution >= 0.6 is 0 Å². The fraction of sp³-hybridized carbons (Fsp3) is 0.286. The van der Waals surface area contributed by atoms with E-state index >= 15 is 0 Å². The van der Waals surface area contributed by atoms with Crippen LogP contribution in [0.1, 0.15) is 49.2 Å². The number of amides is 1. The molecule has 0 saturated heterocycles. The molecule has 182 valence electrons. The van der Waals surface area contributed by atoms with Crippen LogP contribution < -0.4 is 9.62 Å². The molecular formula is C28H32N3O3S+. The first-order chi connectivity index (χ1) is 16.8. The van der Waals surface area contributed by atoms with Crippen LogP contribution in [0.5, 0.6) is 0 Å². The number of carbonyl (C=O) groups excluding carboxylic acids is 1. The van der Waals surface area contributed by atoms with Gasteiger partial charge in [0.05, 0.1) is 5.56 Å². The maximum Gasteiger partial charge on any atom is 0.266 e. The van der Waals surface area contributed by atoms with Gasteiger partial charge in [0, 0.05) is 30.9 Å². The van der Waals surface area contributed by atoms with Gasteiger partial charge in [-0.15, -0.1) is 0 Å². The second-order valence-electron chi connectivity index (χ2n) is 8.46. The quantitative estimate of drug-likeness (QED) is 0.585. The van der Waals surface area contributed by atoms with E-state index in [9.17, 15) is 13.2 Å². The van der Waals surface area contributed by atoms with Gasteiger partial charge in [-0.1, -0.05) is 18.2 Å². The Balaban J connectivity index is 1.88. The van der Waals surface area contributed by atoms with Crippen LogP contribution in [0.3, 0.4) is 0 Å².